The van der Waals surface area contributed by atoms with Crippen molar-refractivity contribution in [1.82, 2.24) is 13.7 Å². The molecule has 53 heavy (non-hydrogen) atoms. The maximum absolute atomic E-state index is 9.77. The summed E-state index contributed by atoms with van der Waals surface area (Å²) in [5, 5.41) is 17.0. The van der Waals surface area contributed by atoms with Gasteiger partial charge < -0.3 is 13.7 Å². The predicted octanol–water partition coefficient (Wildman–Crippen LogP) is 12.5. The third kappa shape index (κ3) is 4.16. The first kappa shape index (κ1) is 29.4. The smallest absolute Gasteiger partial charge is 0.0991 e. The third-order valence-corrected chi connectivity index (χ3v) is 10.9. The highest BCUT2D eigenvalue weighted by Gasteiger charge is 2.27. The van der Waals surface area contributed by atoms with Gasteiger partial charge in [0, 0.05) is 37.9 Å². The fourth-order valence-electron chi connectivity index (χ4n) is 8.66. The summed E-state index contributed by atoms with van der Waals surface area (Å²) >= 11 is 0. The minimum absolute atomic E-state index is 0.636. The van der Waals surface area contributed by atoms with E-state index in [1.54, 1.807) is 0 Å². The Kier molecular flexibility index (Phi) is 6.28. The zero-order chi connectivity index (χ0) is 35.0. The molecular formula is C49H30N4. The largest absolute Gasteiger partial charge is 0.307 e. The average Bonchev–Trinajstić information content (AvgIpc) is 3.86. The molecule has 4 nitrogen and oxygen atoms in total. The molecule has 0 saturated carbocycles. The van der Waals surface area contributed by atoms with Gasteiger partial charge in [-0.25, -0.2) is 0 Å². The Hall–Kier alpha value is -7.35. The second-order valence-corrected chi connectivity index (χ2v) is 13.6. The molecule has 0 atom stereocenters. The zero-order valence-electron chi connectivity index (χ0n) is 28.6. The molecule has 0 aliphatic rings. The number of nitriles is 1. The van der Waals surface area contributed by atoms with E-state index in [1.807, 2.05) is 12.1 Å². The maximum atomic E-state index is 9.77. The molecule has 0 aliphatic heterocycles. The van der Waals surface area contributed by atoms with Crippen molar-refractivity contribution in [3.8, 4) is 34.3 Å². The van der Waals surface area contributed by atoms with Crippen molar-refractivity contribution in [1.29, 1.82) is 5.26 Å². The van der Waals surface area contributed by atoms with Crippen molar-refractivity contribution >= 4 is 65.4 Å². The van der Waals surface area contributed by atoms with Crippen LogP contribution in [0.3, 0.4) is 0 Å². The van der Waals surface area contributed by atoms with Gasteiger partial charge in [0.05, 0.1) is 61.8 Å². The molecule has 0 aliphatic carbocycles. The van der Waals surface area contributed by atoms with Crippen LogP contribution in [0.5, 0.6) is 0 Å². The molecule has 3 heterocycles. The SMILES string of the molecule is N#Cc1ccc(-c2ccc(-n3c4ccccc4c4ccccc43)c(-n3c4ccccc4c4ccccc43)c2-n2c3ccccc3c3ccccc32)cc1. The molecule has 0 fully saturated rings. The normalized spacial score (nSPS) is 11.8. The summed E-state index contributed by atoms with van der Waals surface area (Å²) in [6.45, 7) is 0. The van der Waals surface area contributed by atoms with E-state index in [4.69, 9.17) is 0 Å². The summed E-state index contributed by atoms with van der Waals surface area (Å²) in [7, 11) is 0. The lowest BCUT2D eigenvalue weighted by Crippen LogP contribution is -2.10. The van der Waals surface area contributed by atoms with Gasteiger partial charge in [0.25, 0.3) is 0 Å². The Labute approximate surface area is 305 Å². The number of nitrogens with zero attached hydrogens (tertiary/aromatic N) is 4. The first-order valence-corrected chi connectivity index (χ1v) is 17.9. The number of para-hydroxylation sites is 6. The van der Waals surface area contributed by atoms with Gasteiger partial charge in [0.2, 0.25) is 0 Å². The van der Waals surface area contributed by atoms with Crippen LogP contribution >= 0.6 is 0 Å². The van der Waals surface area contributed by atoms with E-state index in [9.17, 15) is 5.26 Å². The monoisotopic (exact) mass is 674 g/mol. The van der Waals surface area contributed by atoms with Crippen LogP contribution in [0.25, 0.3) is 93.6 Å². The Morgan fingerprint density at radius 3 is 1.04 bits per heavy atom. The van der Waals surface area contributed by atoms with Crippen LogP contribution in [0, 0.1) is 11.3 Å². The minimum Gasteiger partial charge on any atom is -0.307 e. The average molecular weight is 675 g/mol. The first-order valence-electron chi connectivity index (χ1n) is 17.9. The molecule has 3 aromatic heterocycles. The topological polar surface area (TPSA) is 38.6 Å². The van der Waals surface area contributed by atoms with Gasteiger partial charge in [-0.1, -0.05) is 127 Å². The zero-order valence-corrected chi connectivity index (χ0v) is 28.6. The molecule has 4 heteroatoms. The highest BCUT2D eigenvalue weighted by molar-refractivity contribution is 6.14. The summed E-state index contributed by atoms with van der Waals surface area (Å²) in [5.74, 6) is 0. The molecule has 0 unspecified atom stereocenters. The fraction of sp³-hybridized carbons (Fsp3) is 0. The predicted molar refractivity (Wildman–Crippen MR) is 220 cm³/mol. The highest BCUT2D eigenvalue weighted by atomic mass is 15.1. The summed E-state index contributed by atoms with van der Waals surface area (Å²) in [4.78, 5) is 0. The quantitative estimate of drug-likeness (QED) is 0.183. The number of benzene rings is 8. The van der Waals surface area contributed by atoms with Crippen LogP contribution in [0.4, 0.5) is 0 Å². The van der Waals surface area contributed by atoms with Gasteiger partial charge >= 0.3 is 0 Å². The number of rotatable bonds is 4. The van der Waals surface area contributed by atoms with Gasteiger partial charge in [-0.05, 0) is 60.2 Å². The summed E-state index contributed by atoms with van der Waals surface area (Å²) < 4.78 is 7.40. The number of hydrogen-bond acceptors (Lipinski definition) is 1. The minimum atomic E-state index is 0.636. The van der Waals surface area contributed by atoms with Crippen LogP contribution in [0.1, 0.15) is 5.56 Å². The van der Waals surface area contributed by atoms with Crippen LogP contribution in [-0.2, 0) is 0 Å². The Morgan fingerprint density at radius 2 is 0.660 bits per heavy atom. The van der Waals surface area contributed by atoms with E-state index in [2.05, 4.69) is 190 Å². The lowest BCUT2D eigenvalue weighted by atomic mass is 9.99. The van der Waals surface area contributed by atoms with E-state index < -0.39 is 0 Å². The van der Waals surface area contributed by atoms with Crippen molar-refractivity contribution in [3.63, 3.8) is 0 Å². The second-order valence-electron chi connectivity index (χ2n) is 13.6. The van der Waals surface area contributed by atoms with Crippen molar-refractivity contribution < 1.29 is 0 Å². The maximum Gasteiger partial charge on any atom is 0.0991 e. The summed E-state index contributed by atoms with van der Waals surface area (Å²) in [6.07, 6.45) is 0. The molecule has 8 aromatic carbocycles. The van der Waals surface area contributed by atoms with Gasteiger partial charge in [0.15, 0.2) is 0 Å². The molecule has 0 saturated heterocycles. The number of fused-ring (bicyclic) bond motifs is 9. The van der Waals surface area contributed by atoms with Crippen LogP contribution < -0.4 is 0 Å². The van der Waals surface area contributed by atoms with E-state index in [0.29, 0.717) is 5.56 Å². The molecular weight excluding hydrogens is 645 g/mol. The van der Waals surface area contributed by atoms with Gasteiger partial charge in [-0.3, -0.25) is 0 Å². The molecule has 0 radical (unpaired) electrons. The van der Waals surface area contributed by atoms with Gasteiger partial charge in [-0.15, -0.1) is 0 Å². The molecule has 11 rings (SSSR count). The highest BCUT2D eigenvalue weighted by Crippen LogP contribution is 2.46. The molecule has 0 amide bonds. The van der Waals surface area contributed by atoms with Gasteiger partial charge in [0.1, 0.15) is 0 Å². The van der Waals surface area contributed by atoms with Crippen LogP contribution in [0.2, 0.25) is 0 Å². The number of hydrogen-bond donors (Lipinski definition) is 0. The Bertz CT molecular complexity index is 3130. The lowest BCUT2D eigenvalue weighted by molar-refractivity contribution is 1.05. The Morgan fingerprint density at radius 1 is 0.321 bits per heavy atom. The van der Waals surface area contributed by atoms with E-state index in [-0.39, 0.29) is 0 Å². The van der Waals surface area contributed by atoms with Crippen LogP contribution in [-0.4, -0.2) is 13.7 Å². The third-order valence-electron chi connectivity index (χ3n) is 10.9. The molecule has 0 bridgehead atoms. The van der Waals surface area contributed by atoms with Crippen molar-refractivity contribution in [3.05, 3.63) is 188 Å². The van der Waals surface area contributed by atoms with E-state index in [0.717, 1.165) is 61.3 Å². The lowest BCUT2D eigenvalue weighted by Gasteiger charge is -2.25. The molecule has 246 valence electrons. The molecule has 0 spiro atoms. The van der Waals surface area contributed by atoms with Crippen molar-refractivity contribution in [2.75, 3.05) is 0 Å². The molecule has 0 N–H and O–H groups in total. The van der Waals surface area contributed by atoms with Crippen molar-refractivity contribution in [2.24, 2.45) is 0 Å². The van der Waals surface area contributed by atoms with E-state index >= 15 is 0 Å². The van der Waals surface area contributed by atoms with E-state index in [1.165, 1.54) is 32.3 Å². The standard InChI is InChI=1S/C49H30N4/c50-31-32-25-27-33(28-26-32)34-29-30-47(51-41-19-7-1-13-35(41)36-14-2-8-20-42(36)51)49(53-45-23-11-5-17-39(45)40-18-6-12-24-46(40)53)48(34)52-43-21-9-3-15-37(43)38-16-4-10-22-44(38)52/h1-30H. The fourth-order valence-corrected chi connectivity index (χ4v) is 8.66. The van der Waals surface area contributed by atoms with Gasteiger partial charge in [-0.2, -0.15) is 5.26 Å². The first-order chi connectivity index (χ1) is 26.3. The summed E-state index contributed by atoms with van der Waals surface area (Å²) in [5.41, 5.74) is 12.8. The number of aromatic nitrogens is 3. The van der Waals surface area contributed by atoms with Crippen LogP contribution in [0.15, 0.2) is 182 Å². The Balaban J connectivity index is 1.43. The van der Waals surface area contributed by atoms with Crippen molar-refractivity contribution in [2.45, 2.75) is 0 Å². The molecule has 11 aromatic rings. The second kappa shape index (κ2) is 11.3. The summed E-state index contributed by atoms with van der Waals surface area (Å²) in [6, 6.07) is 67.3.